The zero-order chi connectivity index (χ0) is 13.7. The number of halogens is 1. The molecule has 0 saturated heterocycles. The second-order valence-electron chi connectivity index (χ2n) is 5.10. The minimum atomic E-state index is 0.488. The highest BCUT2D eigenvalue weighted by Gasteiger charge is 2.17. The van der Waals surface area contributed by atoms with Crippen LogP contribution >= 0.6 is 23.4 Å². The Morgan fingerprint density at radius 3 is 2.33 bits per heavy atom. The smallest absolute Gasteiger partial charge is 0.190 e. The molecule has 3 nitrogen and oxygen atoms in total. The minimum Gasteiger partial charge on any atom is -0.370 e. The lowest BCUT2D eigenvalue weighted by Gasteiger charge is -2.25. The van der Waals surface area contributed by atoms with Crippen LogP contribution in [0.2, 0.25) is 5.15 Å². The zero-order valence-electron chi connectivity index (χ0n) is 11.7. The molecule has 1 N–H and O–H groups in total. The van der Waals surface area contributed by atoms with Gasteiger partial charge in [0.1, 0.15) is 11.0 Å². The van der Waals surface area contributed by atoms with Crippen molar-refractivity contribution in [3.05, 3.63) is 11.2 Å². The summed E-state index contributed by atoms with van der Waals surface area (Å²) in [6.45, 7) is 9.94. The summed E-state index contributed by atoms with van der Waals surface area (Å²) in [6.07, 6.45) is 1.94. The maximum absolute atomic E-state index is 5.96. The molecule has 0 aliphatic rings. The third kappa shape index (κ3) is 4.65. The number of hydrogen-bond donors (Lipinski definition) is 1. The topological polar surface area (TPSA) is 37.8 Å². The van der Waals surface area contributed by atoms with Crippen LogP contribution in [0, 0.1) is 17.8 Å². The summed E-state index contributed by atoms with van der Waals surface area (Å²) in [7, 11) is 0. The molecule has 0 atom stereocenters. The standard InChI is InChI=1S/C13H22ClN3S/c1-8(2)10(9(3)4)7-15-12-6-11(14)16-13(17-12)18-5/h6,8-10H,7H2,1-5H3,(H,15,16,17). The molecule has 102 valence electrons. The molecule has 1 aromatic rings. The number of thioether (sulfide) groups is 1. The monoisotopic (exact) mass is 287 g/mol. The Hall–Kier alpha value is -0.480. The third-order valence-electron chi connectivity index (χ3n) is 3.09. The molecule has 0 saturated carbocycles. The average molecular weight is 288 g/mol. The predicted octanol–water partition coefficient (Wildman–Crippen LogP) is 4.19. The Labute approximate surface area is 119 Å². The van der Waals surface area contributed by atoms with Gasteiger partial charge in [0.25, 0.3) is 0 Å². The van der Waals surface area contributed by atoms with Gasteiger partial charge in [-0.3, -0.25) is 0 Å². The summed E-state index contributed by atoms with van der Waals surface area (Å²) in [5, 5.41) is 4.57. The van der Waals surface area contributed by atoms with E-state index in [-0.39, 0.29) is 0 Å². The van der Waals surface area contributed by atoms with Gasteiger partial charge in [-0.05, 0) is 24.0 Å². The first kappa shape index (κ1) is 15.6. The molecular weight excluding hydrogens is 266 g/mol. The van der Waals surface area contributed by atoms with Crippen molar-refractivity contribution in [2.45, 2.75) is 32.9 Å². The Morgan fingerprint density at radius 1 is 1.22 bits per heavy atom. The third-order valence-corrected chi connectivity index (χ3v) is 3.83. The van der Waals surface area contributed by atoms with Gasteiger partial charge in [0.05, 0.1) is 0 Å². The molecule has 0 radical (unpaired) electrons. The molecule has 0 spiro atoms. The van der Waals surface area contributed by atoms with Crippen molar-refractivity contribution in [3.8, 4) is 0 Å². The summed E-state index contributed by atoms with van der Waals surface area (Å²) >= 11 is 7.46. The van der Waals surface area contributed by atoms with E-state index in [1.807, 2.05) is 6.26 Å². The van der Waals surface area contributed by atoms with E-state index in [1.165, 1.54) is 11.8 Å². The van der Waals surface area contributed by atoms with E-state index in [2.05, 4.69) is 43.0 Å². The Morgan fingerprint density at radius 2 is 1.83 bits per heavy atom. The summed E-state index contributed by atoms with van der Waals surface area (Å²) in [5.41, 5.74) is 0. The van der Waals surface area contributed by atoms with E-state index in [1.54, 1.807) is 6.07 Å². The average Bonchev–Trinajstić information content (AvgIpc) is 2.27. The maximum Gasteiger partial charge on any atom is 0.190 e. The fourth-order valence-electron chi connectivity index (χ4n) is 2.04. The van der Waals surface area contributed by atoms with Gasteiger partial charge in [-0.15, -0.1) is 0 Å². The van der Waals surface area contributed by atoms with Crippen LogP contribution in [0.4, 0.5) is 5.82 Å². The molecule has 0 fully saturated rings. The summed E-state index contributed by atoms with van der Waals surface area (Å²) < 4.78 is 0. The lowest BCUT2D eigenvalue weighted by molar-refractivity contribution is 0.304. The first-order chi connectivity index (χ1) is 8.43. The van der Waals surface area contributed by atoms with Gasteiger partial charge in [-0.2, -0.15) is 0 Å². The molecule has 18 heavy (non-hydrogen) atoms. The quantitative estimate of drug-likeness (QED) is 0.484. The van der Waals surface area contributed by atoms with Crippen LogP contribution in [0.5, 0.6) is 0 Å². The fraction of sp³-hybridized carbons (Fsp3) is 0.692. The number of nitrogens with zero attached hydrogens (tertiary/aromatic N) is 2. The molecule has 5 heteroatoms. The van der Waals surface area contributed by atoms with E-state index >= 15 is 0 Å². The lowest BCUT2D eigenvalue weighted by atomic mass is 9.85. The fourth-order valence-corrected chi connectivity index (χ4v) is 2.66. The van der Waals surface area contributed by atoms with Gasteiger partial charge >= 0.3 is 0 Å². The first-order valence-electron chi connectivity index (χ1n) is 6.26. The number of rotatable bonds is 6. The summed E-state index contributed by atoms with van der Waals surface area (Å²) in [6, 6.07) is 1.78. The second kappa shape index (κ2) is 7.19. The zero-order valence-corrected chi connectivity index (χ0v) is 13.3. The molecule has 1 rings (SSSR count). The van der Waals surface area contributed by atoms with Gasteiger partial charge in [0, 0.05) is 12.6 Å². The molecule has 0 aliphatic heterocycles. The minimum absolute atomic E-state index is 0.488. The molecule has 1 aromatic heterocycles. The van der Waals surface area contributed by atoms with Crippen LogP contribution < -0.4 is 5.32 Å². The van der Waals surface area contributed by atoms with Crippen molar-refractivity contribution in [3.63, 3.8) is 0 Å². The highest BCUT2D eigenvalue weighted by molar-refractivity contribution is 7.98. The number of hydrogen-bond acceptors (Lipinski definition) is 4. The molecule has 0 aliphatic carbocycles. The molecule has 1 heterocycles. The molecule has 0 amide bonds. The number of aromatic nitrogens is 2. The SMILES string of the molecule is CSc1nc(Cl)cc(NCC(C(C)C)C(C)C)n1. The van der Waals surface area contributed by atoms with Crippen molar-refractivity contribution in [2.24, 2.45) is 17.8 Å². The molecular formula is C13H22ClN3S. The Balaban J connectivity index is 2.70. The van der Waals surface area contributed by atoms with Gasteiger partial charge in [-0.25, -0.2) is 9.97 Å². The van der Waals surface area contributed by atoms with Gasteiger partial charge in [0.2, 0.25) is 0 Å². The maximum atomic E-state index is 5.96. The van der Waals surface area contributed by atoms with E-state index in [9.17, 15) is 0 Å². The van der Waals surface area contributed by atoms with Crippen molar-refractivity contribution in [1.82, 2.24) is 9.97 Å². The molecule has 0 aromatic carbocycles. The highest BCUT2D eigenvalue weighted by atomic mass is 35.5. The van der Waals surface area contributed by atoms with Crippen molar-refractivity contribution in [1.29, 1.82) is 0 Å². The van der Waals surface area contributed by atoms with Crippen LogP contribution in [0.3, 0.4) is 0 Å². The highest BCUT2D eigenvalue weighted by Crippen LogP contribution is 2.22. The van der Waals surface area contributed by atoms with Crippen molar-refractivity contribution in [2.75, 3.05) is 18.1 Å². The van der Waals surface area contributed by atoms with E-state index in [0.29, 0.717) is 28.1 Å². The van der Waals surface area contributed by atoms with E-state index in [0.717, 1.165) is 12.4 Å². The van der Waals surface area contributed by atoms with Gasteiger partial charge < -0.3 is 5.32 Å². The van der Waals surface area contributed by atoms with Gasteiger partial charge in [0.15, 0.2) is 5.16 Å². The van der Waals surface area contributed by atoms with Crippen LogP contribution in [-0.2, 0) is 0 Å². The van der Waals surface area contributed by atoms with Crippen LogP contribution in [0.25, 0.3) is 0 Å². The number of nitrogens with one attached hydrogen (secondary N) is 1. The lowest BCUT2D eigenvalue weighted by Crippen LogP contribution is -2.24. The molecule has 0 bridgehead atoms. The van der Waals surface area contributed by atoms with Gasteiger partial charge in [-0.1, -0.05) is 51.1 Å². The van der Waals surface area contributed by atoms with Crippen LogP contribution in [0.1, 0.15) is 27.7 Å². The Kier molecular flexibility index (Phi) is 6.22. The summed E-state index contributed by atoms with van der Waals surface area (Å²) in [5.74, 6) is 2.73. The van der Waals surface area contributed by atoms with Crippen molar-refractivity contribution >= 4 is 29.2 Å². The second-order valence-corrected chi connectivity index (χ2v) is 6.26. The van der Waals surface area contributed by atoms with E-state index < -0.39 is 0 Å². The largest absolute Gasteiger partial charge is 0.370 e. The normalized spacial score (nSPS) is 11.6. The number of anilines is 1. The predicted molar refractivity (Wildman–Crippen MR) is 80.5 cm³/mol. The Bertz CT molecular complexity index is 374. The summed E-state index contributed by atoms with van der Waals surface area (Å²) in [4.78, 5) is 8.53. The molecule has 0 unspecified atom stereocenters. The van der Waals surface area contributed by atoms with Crippen molar-refractivity contribution < 1.29 is 0 Å². The van der Waals surface area contributed by atoms with Crippen LogP contribution in [0.15, 0.2) is 11.2 Å². The first-order valence-corrected chi connectivity index (χ1v) is 7.86. The van der Waals surface area contributed by atoms with Crippen LogP contribution in [-0.4, -0.2) is 22.8 Å². The van der Waals surface area contributed by atoms with E-state index in [4.69, 9.17) is 11.6 Å².